The number of nitriles is 1. The maximum atomic E-state index is 12.6. The standard InChI is InChI=1S/C19H26N4O2/c1-3-4-10-21-18(24)16-9-8-14(2)23(13-16)19(25)22-17-7-5-6-15(11-17)12-20/h5-7,11,14,16H,3-4,8-10,13H2,1-2H3,(H,21,24)(H,22,25). The van der Waals surface area contributed by atoms with E-state index in [2.05, 4.69) is 23.6 Å². The van der Waals surface area contributed by atoms with E-state index in [0.29, 0.717) is 24.3 Å². The highest BCUT2D eigenvalue weighted by atomic mass is 16.2. The van der Waals surface area contributed by atoms with Gasteiger partial charge in [-0.3, -0.25) is 4.79 Å². The smallest absolute Gasteiger partial charge is 0.322 e. The number of carbonyl (C=O) groups is 2. The first-order chi connectivity index (χ1) is 12.0. The maximum absolute atomic E-state index is 12.6. The third kappa shape index (κ3) is 5.21. The average Bonchev–Trinajstić information content (AvgIpc) is 2.62. The van der Waals surface area contributed by atoms with Crippen LogP contribution in [0.2, 0.25) is 0 Å². The van der Waals surface area contributed by atoms with Crippen LogP contribution in [0.5, 0.6) is 0 Å². The molecule has 0 radical (unpaired) electrons. The lowest BCUT2D eigenvalue weighted by molar-refractivity contribution is -0.126. The summed E-state index contributed by atoms with van der Waals surface area (Å²) in [6, 6.07) is 8.73. The number of nitrogens with one attached hydrogen (secondary N) is 2. The summed E-state index contributed by atoms with van der Waals surface area (Å²) in [5.74, 6) is -0.131. The zero-order chi connectivity index (χ0) is 18.2. The van der Waals surface area contributed by atoms with Gasteiger partial charge in [-0.2, -0.15) is 5.26 Å². The van der Waals surface area contributed by atoms with Gasteiger partial charge in [0.1, 0.15) is 0 Å². The summed E-state index contributed by atoms with van der Waals surface area (Å²) in [5.41, 5.74) is 1.09. The number of unbranched alkanes of at least 4 members (excludes halogenated alkanes) is 1. The first kappa shape index (κ1) is 18.8. The van der Waals surface area contributed by atoms with Crippen molar-refractivity contribution in [1.82, 2.24) is 10.2 Å². The fourth-order valence-electron chi connectivity index (χ4n) is 3.00. The molecule has 1 aromatic carbocycles. The SMILES string of the molecule is CCCCNC(=O)C1CCC(C)N(C(=O)Nc2cccc(C#N)c2)C1. The zero-order valence-corrected chi connectivity index (χ0v) is 14.9. The molecule has 1 aromatic rings. The van der Waals surface area contributed by atoms with Crippen LogP contribution in [0.25, 0.3) is 0 Å². The highest BCUT2D eigenvalue weighted by molar-refractivity contribution is 5.90. The normalized spacial score (nSPS) is 19.8. The van der Waals surface area contributed by atoms with Gasteiger partial charge in [-0.1, -0.05) is 19.4 Å². The third-order valence-corrected chi connectivity index (χ3v) is 4.59. The fraction of sp³-hybridized carbons (Fsp3) is 0.526. The molecule has 1 aliphatic heterocycles. The molecule has 1 heterocycles. The summed E-state index contributed by atoms with van der Waals surface area (Å²) in [5, 5.41) is 14.7. The topological polar surface area (TPSA) is 85.2 Å². The molecule has 2 rings (SSSR count). The van der Waals surface area contributed by atoms with Crippen LogP contribution in [0.1, 0.15) is 45.1 Å². The van der Waals surface area contributed by atoms with E-state index in [-0.39, 0.29) is 23.9 Å². The van der Waals surface area contributed by atoms with Gasteiger partial charge in [-0.05, 0) is 44.4 Å². The summed E-state index contributed by atoms with van der Waals surface area (Å²) in [7, 11) is 0. The van der Waals surface area contributed by atoms with Crippen LogP contribution in [0, 0.1) is 17.2 Å². The number of nitrogens with zero attached hydrogens (tertiary/aromatic N) is 2. The largest absolute Gasteiger partial charge is 0.356 e. The minimum Gasteiger partial charge on any atom is -0.356 e. The number of anilines is 1. The fourth-order valence-corrected chi connectivity index (χ4v) is 3.00. The number of hydrogen-bond donors (Lipinski definition) is 2. The molecule has 134 valence electrons. The molecule has 2 atom stereocenters. The van der Waals surface area contributed by atoms with E-state index in [4.69, 9.17) is 5.26 Å². The molecule has 0 aromatic heterocycles. The molecule has 0 bridgehead atoms. The lowest BCUT2D eigenvalue weighted by Crippen LogP contribution is -2.50. The molecule has 6 nitrogen and oxygen atoms in total. The van der Waals surface area contributed by atoms with Gasteiger partial charge in [0.2, 0.25) is 5.91 Å². The molecule has 0 spiro atoms. The van der Waals surface area contributed by atoms with Gasteiger partial charge >= 0.3 is 6.03 Å². The Kier molecular flexibility index (Phi) is 6.81. The lowest BCUT2D eigenvalue weighted by atomic mass is 9.93. The molecule has 0 aliphatic carbocycles. The Labute approximate surface area is 149 Å². The van der Waals surface area contributed by atoms with E-state index >= 15 is 0 Å². The summed E-state index contributed by atoms with van der Waals surface area (Å²) in [4.78, 5) is 26.6. The second-order valence-corrected chi connectivity index (χ2v) is 6.54. The Morgan fingerprint density at radius 3 is 2.88 bits per heavy atom. The van der Waals surface area contributed by atoms with Crippen LogP contribution in [0.3, 0.4) is 0 Å². The Balaban J connectivity index is 1.97. The quantitative estimate of drug-likeness (QED) is 0.806. The van der Waals surface area contributed by atoms with Gasteiger partial charge < -0.3 is 15.5 Å². The van der Waals surface area contributed by atoms with Crippen molar-refractivity contribution in [2.45, 2.75) is 45.6 Å². The van der Waals surface area contributed by atoms with E-state index in [0.717, 1.165) is 25.7 Å². The van der Waals surface area contributed by atoms with Crippen molar-refractivity contribution in [2.24, 2.45) is 5.92 Å². The third-order valence-electron chi connectivity index (χ3n) is 4.59. The molecule has 0 saturated carbocycles. The number of amides is 3. The van der Waals surface area contributed by atoms with Gasteiger partial charge in [-0.15, -0.1) is 0 Å². The minimum absolute atomic E-state index is 0.0321. The van der Waals surface area contributed by atoms with Crippen molar-refractivity contribution in [2.75, 3.05) is 18.4 Å². The molecule has 2 unspecified atom stereocenters. The molecule has 1 saturated heterocycles. The summed E-state index contributed by atoms with van der Waals surface area (Å²) < 4.78 is 0. The Morgan fingerprint density at radius 2 is 2.16 bits per heavy atom. The van der Waals surface area contributed by atoms with Crippen LogP contribution >= 0.6 is 0 Å². The van der Waals surface area contributed by atoms with E-state index in [1.54, 1.807) is 29.2 Å². The number of urea groups is 1. The predicted octanol–water partition coefficient (Wildman–Crippen LogP) is 3.11. The number of benzene rings is 1. The minimum atomic E-state index is -0.228. The average molecular weight is 342 g/mol. The highest BCUT2D eigenvalue weighted by Gasteiger charge is 2.32. The second kappa shape index (κ2) is 9.07. The number of carbonyl (C=O) groups excluding carboxylic acids is 2. The second-order valence-electron chi connectivity index (χ2n) is 6.54. The maximum Gasteiger partial charge on any atom is 0.322 e. The summed E-state index contributed by atoms with van der Waals surface area (Å²) in [6.45, 7) is 5.19. The molecule has 3 amide bonds. The van der Waals surface area contributed by atoms with Gasteiger partial charge in [0.25, 0.3) is 0 Å². The van der Waals surface area contributed by atoms with E-state index in [1.165, 1.54) is 0 Å². The Bertz CT molecular complexity index is 653. The molecule has 25 heavy (non-hydrogen) atoms. The van der Waals surface area contributed by atoms with Crippen molar-refractivity contribution in [3.8, 4) is 6.07 Å². The van der Waals surface area contributed by atoms with Gasteiger partial charge in [0.15, 0.2) is 0 Å². The lowest BCUT2D eigenvalue weighted by Gasteiger charge is -2.37. The van der Waals surface area contributed by atoms with E-state index in [1.807, 2.05) is 6.92 Å². The van der Waals surface area contributed by atoms with Gasteiger partial charge in [-0.25, -0.2) is 4.79 Å². The van der Waals surface area contributed by atoms with Gasteiger partial charge in [0, 0.05) is 24.8 Å². The number of likely N-dealkylation sites (tertiary alicyclic amines) is 1. The molecule has 6 heteroatoms. The first-order valence-electron chi connectivity index (χ1n) is 8.90. The van der Waals surface area contributed by atoms with Crippen LogP contribution in [0.4, 0.5) is 10.5 Å². The first-order valence-corrected chi connectivity index (χ1v) is 8.90. The van der Waals surface area contributed by atoms with Crippen LogP contribution in [0.15, 0.2) is 24.3 Å². The number of piperidine rings is 1. The van der Waals surface area contributed by atoms with Crippen molar-refractivity contribution >= 4 is 17.6 Å². The summed E-state index contributed by atoms with van der Waals surface area (Å²) >= 11 is 0. The zero-order valence-electron chi connectivity index (χ0n) is 14.9. The van der Waals surface area contributed by atoms with Gasteiger partial charge in [0.05, 0.1) is 17.6 Å². The van der Waals surface area contributed by atoms with E-state index < -0.39 is 0 Å². The van der Waals surface area contributed by atoms with Crippen molar-refractivity contribution in [3.63, 3.8) is 0 Å². The van der Waals surface area contributed by atoms with Crippen molar-refractivity contribution in [3.05, 3.63) is 29.8 Å². The van der Waals surface area contributed by atoms with Crippen LogP contribution < -0.4 is 10.6 Å². The van der Waals surface area contributed by atoms with Crippen molar-refractivity contribution < 1.29 is 9.59 Å². The number of rotatable bonds is 5. The Hall–Kier alpha value is -2.55. The predicted molar refractivity (Wildman–Crippen MR) is 97.0 cm³/mol. The van der Waals surface area contributed by atoms with Crippen molar-refractivity contribution in [1.29, 1.82) is 5.26 Å². The molecular formula is C19H26N4O2. The summed E-state index contributed by atoms with van der Waals surface area (Å²) in [6.07, 6.45) is 3.61. The number of hydrogen-bond acceptors (Lipinski definition) is 3. The Morgan fingerprint density at radius 1 is 1.36 bits per heavy atom. The van der Waals surface area contributed by atoms with Crippen LogP contribution in [-0.4, -0.2) is 36.0 Å². The molecular weight excluding hydrogens is 316 g/mol. The van der Waals surface area contributed by atoms with E-state index in [9.17, 15) is 9.59 Å². The monoisotopic (exact) mass is 342 g/mol. The molecule has 1 fully saturated rings. The molecule has 2 N–H and O–H groups in total. The van der Waals surface area contributed by atoms with Crippen LogP contribution in [-0.2, 0) is 4.79 Å². The highest BCUT2D eigenvalue weighted by Crippen LogP contribution is 2.23. The molecule has 1 aliphatic rings.